The van der Waals surface area contributed by atoms with E-state index < -0.39 is 6.04 Å². The molecule has 2 unspecified atom stereocenters. The van der Waals surface area contributed by atoms with Crippen LogP contribution in [0.2, 0.25) is 0 Å². The molecule has 1 aliphatic rings. The average molecular weight is 184 g/mol. The molecule has 1 aliphatic heterocycles. The third-order valence-corrected chi connectivity index (χ3v) is 2.23. The summed E-state index contributed by atoms with van der Waals surface area (Å²) in [6, 6.07) is -0.428. The molecule has 0 aromatic heterocycles. The Morgan fingerprint density at radius 2 is 2.31 bits per heavy atom. The number of amides is 2. The molecule has 72 valence electrons. The summed E-state index contributed by atoms with van der Waals surface area (Å²) in [7, 11) is 0. The second-order valence-electron chi connectivity index (χ2n) is 3.08. The van der Waals surface area contributed by atoms with Crippen molar-refractivity contribution in [1.29, 1.82) is 0 Å². The van der Waals surface area contributed by atoms with Crippen LogP contribution in [0, 0.1) is 0 Å². The average Bonchev–Trinajstić information content (AvgIpc) is 2.34. The zero-order chi connectivity index (χ0) is 9.84. The third-order valence-electron chi connectivity index (χ3n) is 2.23. The molecule has 5 nitrogen and oxygen atoms in total. The minimum atomic E-state index is -0.451. The van der Waals surface area contributed by atoms with Crippen molar-refractivity contribution >= 4 is 18.6 Å². The lowest BCUT2D eigenvalue weighted by Crippen LogP contribution is -2.39. The van der Waals surface area contributed by atoms with Gasteiger partial charge >= 0.3 is 0 Å². The lowest BCUT2D eigenvalue weighted by atomic mass is 10.2. The number of rotatable bonds is 4. The van der Waals surface area contributed by atoms with Crippen LogP contribution in [-0.2, 0) is 14.4 Å². The number of nitrogens with one attached hydrogen (secondary N) is 1. The summed E-state index contributed by atoms with van der Waals surface area (Å²) in [5, 5.41) is 2.43. The number of hydrogen-bond acceptors (Lipinski definition) is 3. The quantitative estimate of drug-likeness (QED) is 0.565. The van der Waals surface area contributed by atoms with Crippen LogP contribution in [0.25, 0.3) is 0 Å². The van der Waals surface area contributed by atoms with Crippen molar-refractivity contribution in [2.45, 2.75) is 25.4 Å². The summed E-state index contributed by atoms with van der Waals surface area (Å²) >= 11 is 0. The maximum Gasteiger partial charge on any atom is 0.245 e. The fourth-order valence-corrected chi connectivity index (χ4v) is 1.56. The highest BCUT2D eigenvalue weighted by molar-refractivity contribution is 5.87. The Bertz CT molecular complexity index is 229. The highest BCUT2D eigenvalue weighted by Gasteiger charge is 2.36. The summed E-state index contributed by atoms with van der Waals surface area (Å²) in [4.78, 5) is 33.3. The van der Waals surface area contributed by atoms with Crippen molar-refractivity contribution < 1.29 is 14.4 Å². The molecule has 0 bridgehead atoms. The minimum Gasteiger partial charge on any atom is -0.347 e. The Kier molecular flexibility index (Phi) is 3.00. The van der Waals surface area contributed by atoms with Gasteiger partial charge in [-0.1, -0.05) is 0 Å². The normalized spacial score (nSPS) is 27.5. The highest BCUT2D eigenvalue weighted by atomic mass is 16.2. The number of hydrogen-bond donors (Lipinski definition) is 1. The summed E-state index contributed by atoms with van der Waals surface area (Å²) in [5.74, 6) is -0.174. The van der Waals surface area contributed by atoms with Gasteiger partial charge in [0, 0.05) is 6.04 Å². The number of nitrogens with zero attached hydrogens (tertiary/aromatic N) is 1. The van der Waals surface area contributed by atoms with E-state index in [0.29, 0.717) is 19.1 Å². The summed E-state index contributed by atoms with van der Waals surface area (Å²) in [6.07, 6.45) is 1.78. The number of carbonyl (C=O) groups is 3. The first-order valence-corrected chi connectivity index (χ1v) is 4.14. The standard InChI is InChI=1S/C8H12N2O3/c1-6-4-7(9-5-12)8(13)10(6)2-3-11/h3,5-7H,2,4H2,1H3,(H,9,12). The van der Waals surface area contributed by atoms with Crippen LogP contribution in [0.15, 0.2) is 0 Å². The van der Waals surface area contributed by atoms with Gasteiger partial charge in [0.2, 0.25) is 12.3 Å². The van der Waals surface area contributed by atoms with Gasteiger partial charge in [-0.2, -0.15) is 0 Å². The monoisotopic (exact) mass is 184 g/mol. The maximum atomic E-state index is 11.4. The predicted octanol–water partition coefficient (Wildman–Crippen LogP) is -1.08. The van der Waals surface area contributed by atoms with Gasteiger partial charge in [-0.3, -0.25) is 9.59 Å². The number of carbonyl (C=O) groups excluding carboxylic acids is 3. The largest absolute Gasteiger partial charge is 0.347 e. The van der Waals surface area contributed by atoms with Gasteiger partial charge in [0.1, 0.15) is 12.3 Å². The van der Waals surface area contributed by atoms with Crippen LogP contribution < -0.4 is 5.32 Å². The molecule has 5 heteroatoms. The smallest absolute Gasteiger partial charge is 0.245 e. The Morgan fingerprint density at radius 3 is 2.85 bits per heavy atom. The minimum absolute atomic E-state index is 0.0233. The fourth-order valence-electron chi connectivity index (χ4n) is 1.56. The van der Waals surface area contributed by atoms with E-state index in [1.54, 1.807) is 0 Å². The van der Waals surface area contributed by atoms with Gasteiger partial charge in [-0.15, -0.1) is 0 Å². The summed E-state index contributed by atoms with van der Waals surface area (Å²) < 4.78 is 0. The first-order valence-electron chi connectivity index (χ1n) is 4.14. The summed E-state index contributed by atoms with van der Waals surface area (Å²) in [6.45, 7) is 1.96. The molecule has 2 amide bonds. The van der Waals surface area contributed by atoms with Crippen LogP contribution in [-0.4, -0.2) is 42.1 Å². The molecule has 0 aromatic carbocycles. The second-order valence-corrected chi connectivity index (χ2v) is 3.08. The van der Waals surface area contributed by atoms with Gasteiger partial charge in [-0.05, 0) is 13.3 Å². The van der Waals surface area contributed by atoms with Crippen LogP contribution in [0.3, 0.4) is 0 Å². The zero-order valence-electron chi connectivity index (χ0n) is 7.40. The van der Waals surface area contributed by atoms with Crippen molar-refractivity contribution in [3.8, 4) is 0 Å². The Hall–Kier alpha value is -1.39. The molecule has 0 spiro atoms. The maximum absolute atomic E-state index is 11.4. The lowest BCUT2D eigenvalue weighted by molar-refractivity contribution is -0.133. The first kappa shape index (κ1) is 9.70. The van der Waals surface area contributed by atoms with Crippen LogP contribution in [0.4, 0.5) is 0 Å². The molecule has 0 radical (unpaired) electrons. The van der Waals surface area contributed by atoms with Gasteiger partial charge in [0.25, 0.3) is 0 Å². The molecular formula is C8H12N2O3. The van der Waals surface area contributed by atoms with E-state index in [2.05, 4.69) is 5.32 Å². The van der Waals surface area contributed by atoms with E-state index in [0.717, 1.165) is 0 Å². The Morgan fingerprint density at radius 1 is 1.62 bits per heavy atom. The van der Waals surface area contributed by atoms with Crippen molar-refractivity contribution in [3.05, 3.63) is 0 Å². The fraction of sp³-hybridized carbons (Fsp3) is 0.625. The number of aldehydes is 1. The van der Waals surface area contributed by atoms with Crippen molar-refractivity contribution in [2.24, 2.45) is 0 Å². The Labute approximate surface area is 76.1 Å². The molecular weight excluding hydrogens is 172 g/mol. The van der Waals surface area contributed by atoms with Crippen molar-refractivity contribution in [3.63, 3.8) is 0 Å². The molecule has 0 saturated carbocycles. The van der Waals surface area contributed by atoms with Crippen LogP contribution in [0.5, 0.6) is 0 Å². The van der Waals surface area contributed by atoms with Crippen LogP contribution >= 0.6 is 0 Å². The SMILES string of the molecule is CC1CC(NC=O)C(=O)N1CC=O. The second kappa shape index (κ2) is 4.02. The molecule has 1 fully saturated rings. The molecule has 2 atom stereocenters. The molecule has 0 aliphatic carbocycles. The molecule has 0 aromatic rings. The molecule has 13 heavy (non-hydrogen) atoms. The van der Waals surface area contributed by atoms with Gasteiger partial charge < -0.3 is 15.0 Å². The van der Waals surface area contributed by atoms with E-state index in [9.17, 15) is 14.4 Å². The molecule has 1 N–H and O–H groups in total. The van der Waals surface area contributed by atoms with E-state index in [4.69, 9.17) is 0 Å². The van der Waals surface area contributed by atoms with E-state index in [1.807, 2.05) is 6.92 Å². The molecule has 1 rings (SSSR count). The predicted molar refractivity (Wildman–Crippen MR) is 44.8 cm³/mol. The first-order chi connectivity index (χ1) is 6.20. The van der Waals surface area contributed by atoms with Gasteiger partial charge in [0.15, 0.2) is 0 Å². The van der Waals surface area contributed by atoms with Crippen molar-refractivity contribution in [1.82, 2.24) is 10.2 Å². The third kappa shape index (κ3) is 1.85. The van der Waals surface area contributed by atoms with Crippen LogP contribution in [0.1, 0.15) is 13.3 Å². The van der Waals surface area contributed by atoms with E-state index in [1.165, 1.54) is 4.90 Å². The van der Waals surface area contributed by atoms with Crippen molar-refractivity contribution in [2.75, 3.05) is 6.54 Å². The Balaban J connectivity index is 2.62. The number of likely N-dealkylation sites (tertiary alicyclic amines) is 1. The topological polar surface area (TPSA) is 66.5 Å². The lowest BCUT2D eigenvalue weighted by Gasteiger charge is -2.17. The van der Waals surface area contributed by atoms with E-state index in [-0.39, 0.29) is 18.5 Å². The molecule has 1 heterocycles. The molecule has 1 saturated heterocycles. The van der Waals surface area contributed by atoms with Gasteiger partial charge in [0.05, 0.1) is 6.54 Å². The van der Waals surface area contributed by atoms with E-state index >= 15 is 0 Å². The zero-order valence-corrected chi connectivity index (χ0v) is 7.40. The summed E-state index contributed by atoms with van der Waals surface area (Å²) in [5.41, 5.74) is 0. The highest BCUT2D eigenvalue weighted by Crippen LogP contribution is 2.17. The van der Waals surface area contributed by atoms with Gasteiger partial charge in [-0.25, -0.2) is 0 Å².